The molecule has 1 amide bonds. The van der Waals surface area contributed by atoms with Crippen molar-refractivity contribution < 1.29 is 22.7 Å². The molecule has 1 fully saturated rings. The molecule has 2 aromatic heterocycles. The predicted molar refractivity (Wildman–Crippen MR) is 141 cm³/mol. The lowest BCUT2D eigenvalue weighted by atomic mass is 10.0. The fraction of sp³-hybridized carbons (Fsp3) is 0.231. The van der Waals surface area contributed by atoms with Crippen molar-refractivity contribution in [1.82, 2.24) is 14.7 Å². The number of amides is 1. The van der Waals surface area contributed by atoms with E-state index >= 15 is 0 Å². The fourth-order valence-electron chi connectivity index (χ4n) is 4.09. The van der Waals surface area contributed by atoms with Crippen LogP contribution in [0.4, 0.5) is 5.69 Å². The van der Waals surface area contributed by atoms with Crippen LogP contribution < -0.4 is 14.8 Å². The summed E-state index contributed by atoms with van der Waals surface area (Å²) >= 11 is 6.36. The third kappa shape index (κ3) is 5.87. The van der Waals surface area contributed by atoms with Gasteiger partial charge in [0.1, 0.15) is 17.1 Å². The SMILES string of the molecule is O=C(NS(=O)(=O)c1ccc(NCC2CCOCC2)c(Cl)c1)c1ccccc1Oc1cnc2[nH]ccc2c1. The van der Waals surface area contributed by atoms with Crippen LogP contribution in [0, 0.1) is 5.92 Å². The number of halogens is 1. The molecule has 9 nitrogen and oxygen atoms in total. The van der Waals surface area contributed by atoms with Crippen LogP contribution in [0.15, 0.2) is 71.9 Å². The Kier molecular flexibility index (Phi) is 7.31. The lowest BCUT2D eigenvalue weighted by Gasteiger charge is -2.23. The van der Waals surface area contributed by atoms with Crippen molar-refractivity contribution in [3.63, 3.8) is 0 Å². The number of carbonyl (C=O) groups is 1. The van der Waals surface area contributed by atoms with Crippen molar-refractivity contribution >= 4 is 44.3 Å². The average Bonchev–Trinajstić information content (AvgIpc) is 3.36. The molecule has 0 spiro atoms. The normalized spacial score (nSPS) is 14.4. The van der Waals surface area contributed by atoms with Crippen LogP contribution in [0.3, 0.4) is 0 Å². The molecular formula is C26H25ClN4O5S. The third-order valence-electron chi connectivity index (χ3n) is 6.13. The summed E-state index contributed by atoms with van der Waals surface area (Å²) in [6.45, 7) is 2.20. The molecule has 1 saturated heterocycles. The maximum Gasteiger partial charge on any atom is 0.268 e. The van der Waals surface area contributed by atoms with Crippen LogP contribution in [-0.4, -0.2) is 44.1 Å². The highest BCUT2D eigenvalue weighted by atomic mass is 35.5. The largest absolute Gasteiger partial charge is 0.455 e. The van der Waals surface area contributed by atoms with Crippen molar-refractivity contribution in [3.05, 3.63) is 77.6 Å². The van der Waals surface area contributed by atoms with Gasteiger partial charge in [-0.3, -0.25) is 4.79 Å². The maximum absolute atomic E-state index is 13.0. The molecule has 0 atom stereocenters. The number of rotatable bonds is 8. The van der Waals surface area contributed by atoms with E-state index in [0.29, 0.717) is 23.0 Å². The molecule has 37 heavy (non-hydrogen) atoms. The first-order valence-corrected chi connectivity index (χ1v) is 13.6. The highest BCUT2D eigenvalue weighted by molar-refractivity contribution is 7.90. The standard InChI is InChI=1S/C26H25ClN4O5S/c27-22-14-20(5-6-23(22)29-15-17-8-11-35-12-9-17)37(33,34)31-26(32)21-3-1-2-4-24(21)36-19-13-18-7-10-28-25(18)30-16-19/h1-7,10,13-14,16-17,29H,8-9,11-12,15H2,(H,28,30)(H,31,32). The quantitative estimate of drug-likeness (QED) is 0.288. The Morgan fingerprint density at radius 1 is 1.14 bits per heavy atom. The first-order chi connectivity index (χ1) is 17.9. The monoisotopic (exact) mass is 540 g/mol. The van der Waals surface area contributed by atoms with E-state index < -0.39 is 15.9 Å². The van der Waals surface area contributed by atoms with Crippen LogP contribution in [0.5, 0.6) is 11.5 Å². The molecule has 1 aliphatic heterocycles. The molecule has 0 bridgehead atoms. The van der Waals surface area contributed by atoms with E-state index in [-0.39, 0.29) is 21.2 Å². The Bertz CT molecular complexity index is 1530. The first kappa shape index (κ1) is 25.1. The lowest BCUT2D eigenvalue weighted by molar-refractivity contribution is 0.0699. The smallest absolute Gasteiger partial charge is 0.268 e. The molecule has 192 valence electrons. The van der Waals surface area contributed by atoms with Crippen LogP contribution >= 0.6 is 11.6 Å². The number of carbonyl (C=O) groups excluding carboxylic acids is 1. The number of nitrogens with zero attached hydrogens (tertiary/aromatic N) is 1. The summed E-state index contributed by atoms with van der Waals surface area (Å²) in [5.41, 5.74) is 1.39. The number of nitrogens with one attached hydrogen (secondary N) is 3. The summed E-state index contributed by atoms with van der Waals surface area (Å²) in [5, 5.41) is 4.36. The van der Waals surface area contributed by atoms with E-state index in [1.807, 2.05) is 6.07 Å². The summed E-state index contributed by atoms with van der Waals surface area (Å²) < 4.78 is 39.3. The zero-order chi connectivity index (χ0) is 25.8. The van der Waals surface area contributed by atoms with Crippen molar-refractivity contribution in [1.29, 1.82) is 0 Å². The van der Waals surface area contributed by atoms with Gasteiger partial charge in [-0.05, 0) is 61.2 Å². The number of anilines is 1. The van der Waals surface area contributed by atoms with Gasteiger partial charge in [0.25, 0.3) is 15.9 Å². The summed E-state index contributed by atoms with van der Waals surface area (Å²) in [4.78, 5) is 20.1. The highest BCUT2D eigenvalue weighted by Gasteiger charge is 2.23. The van der Waals surface area contributed by atoms with Gasteiger partial charge in [0.05, 0.1) is 27.4 Å². The van der Waals surface area contributed by atoms with Crippen molar-refractivity contribution in [2.75, 3.05) is 25.1 Å². The minimum Gasteiger partial charge on any atom is -0.455 e. The second-order valence-corrected chi connectivity index (χ2v) is 10.8. The topological polar surface area (TPSA) is 122 Å². The van der Waals surface area contributed by atoms with Gasteiger partial charge in [-0.25, -0.2) is 18.1 Å². The van der Waals surface area contributed by atoms with Gasteiger partial charge in [0.15, 0.2) is 0 Å². The first-order valence-electron chi connectivity index (χ1n) is 11.8. The van der Waals surface area contributed by atoms with Crippen LogP contribution in [0.1, 0.15) is 23.2 Å². The van der Waals surface area contributed by atoms with E-state index in [4.69, 9.17) is 21.1 Å². The van der Waals surface area contributed by atoms with Crippen LogP contribution in [0.25, 0.3) is 11.0 Å². The number of H-pyrrole nitrogens is 1. The van der Waals surface area contributed by atoms with Gasteiger partial charge >= 0.3 is 0 Å². The summed E-state index contributed by atoms with van der Waals surface area (Å²) in [6.07, 6.45) is 5.20. The van der Waals surface area contributed by atoms with Gasteiger partial charge in [0.2, 0.25) is 0 Å². The van der Waals surface area contributed by atoms with E-state index in [2.05, 4.69) is 20.0 Å². The summed E-state index contributed by atoms with van der Waals surface area (Å²) in [6, 6.07) is 14.3. The van der Waals surface area contributed by atoms with Gasteiger partial charge in [-0.2, -0.15) is 0 Å². The number of para-hydroxylation sites is 1. The number of hydrogen-bond donors (Lipinski definition) is 3. The maximum atomic E-state index is 13.0. The Morgan fingerprint density at radius 2 is 1.95 bits per heavy atom. The number of aromatic amines is 1. The number of fused-ring (bicyclic) bond motifs is 1. The zero-order valence-corrected chi connectivity index (χ0v) is 21.3. The summed E-state index contributed by atoms with van der Waals surface area (Å²) in [5.74, 6) is 0.239. The lowest BCUT2D eigenvalue weighted by Crippen LogP contribution is -2.30. The van der Waals surface area contributed by atoms with Gasteiger partial charge in [-0.15, -0.1) is 0 Å². The van der Waals surface area contributed by atoms with Crippen LogP contribution in [-0.2, 0) is 14.8 Å². The number of aromatic nitrogens is 2. The van der Waals surface area contributed by atoms with E-state index in [1.165, 1.54) is 24.4 Å². The minimum atomic E-state index is -4.19. The number of sulfonamides is 1. The molecule has 0 radical (unpaired) electrons. The Morgan fingerprint density at radius 3 is 2.76 bits per heavy atom. The Labute approximate surface area is 219 Å². The van der Waals surface area contributed by atoms with Crippen molar-refractivity contribution in [2.45, 2.75) is 17.7 Å². The minimum absolute atomic E-state index is 0.0566. The molecule has 3 N–H and O–H groups in total. The van der Waals surface area contributed by atoms with E-state index in [1.54, 1.807) is 36.5 Å². The molecule has 3 heterocycles. The molecule has 5 rings (SSSR count). The number of ether oxygens (including phenoxy) is 2. The zero-order valence-electron chi connectivity index (χ0n) is 19.7. The molecule has 2 aromatic carbocycles. The van der Waals surface area contributed by atoms with Crippen molar-refractivity contribution in [3.8, 4) is 11.5 Å². The number of hydrogen-bond acceptors (Lipinski definition) is 7. The average molecular weight is 541 g/mol. The number of benzene rings is 2. The van der Waals surface area contributed by atoms with Crippen molar-refractivity contribution in [2.24, 2.45) is 5.92 Å². The predicted octanol–water partition coefficient (Wildman–Crippen LogP) is 4.97. The second-order valence-electron chi connectivity index (χ2n) is 8.70. The fourth-order valence-corrected chi connectivity index (χ4v) is 5.40. The van der Waals surface area contributed by atoms with Crippen LogP contribution in [0.2, 0.25) is 5.02 Å². The van der Waals surface area contributed by atoms with Gasteiger partial charge in [-0.1, -0.05) is 23.7 Å². The number of pyridine rings is 1. The molecule has 1 aliphatic rings. The Hall–Kier alpha value is -3.60. The van der Waals surface area contributed by atoms with Gasteiger partial charge in [0, 0.05) is 31.3 Å². The molecule has 0 unspecified atom stereocenters. The molecule has 0 saturated carbocycles. The van der Waals surface area contributed by atoms with E-state index in [0.717, 1.165) is 38.0 Å². The van der Waals surface area contributed by atoms with E-state index in [9.17, 15) is 13.2 Å². The molecule has 11 heteroatoms. The second kappa shape index (κ2) is 10.8. The van der Waals surface area contributed by atoms with Gasteiger partial charge < -0.3 is 19.8 Å². The molecular weight excluding hydrogens is 516 g/mol. The molecule has 0 aliphatic carbocycles. The molecule has 4 aromatic rings. The Balaban J connectivity index is 1.29. The third-order valence-corrected chi connectivity index (χ3v) is 7.78. The highest BCUT2D eigenvalue weighted by Crippen LogP contribution is 2.29. The summed E-state index contributed by atoms with van der Waals surface area (Å²) in [7, 11) is -4.19.